The summed E-state index contributed by atoms with van der Waals surface area (Å²) in [5.74, 6) is -1.11. The summed E-state index contributed by atoms with van der Waals surface area (Å²) in [5, 5.41) is 2.14. The van der Waals surface area contributed by atoms with E-state index in [2.05, 4.69) is 31.3 Å². The van der Waals surface area contributed by atoms with Crippen molar-refractivity contribution in [1.29, 1.82) is 0 Å². The summed E-state index contributed by atoms with van der Waals surface area (Å²) in [6, 6.07) is 14.2. The molecule has 0 aliphatic carbocycles. The maximum Gasteiger partial charge on any atom is 0.416 e. The second-order valence-corrected chi connectivity index (χ2v) is 9.30. The highest BCUT2D eigenvalue weighted by Gasteiger charge is 2.36. The Hall–Kier alpha value is -3.72. The molecule has 186 valence electrons. The number of thiocarbonyl (C=S) groups is 1. The first-order chi connectivity index (χ1) is 16.9. The smallest absolute Gasteiger partial charge is 0.318 e. The first-order valence-electron chi connectivity index (χ1n) is 11.3. The largest absolute Gasteiger partial charge is 0.416 e. The number of carbonyl (C=O) groups is 2. The number of amides is 2. The average Bonchev–Trinajstić information content (AvgIpc) is 3.09. The minimum atomic E-state index is -4.59. The van der Waals surface area contributed by atoms with Crippen LogP contribution in [0.15, 0.2) is 60.2 Å². The molecule has 2 amide bonds. The zero-order valence-corrected chi connectivity index (χ0v) is 20.9. The van der Waals surface area contributed by atoms with Crippen molar-refractivity contribution >= 4 is 40.9 Å². The van der Waals surface area contributed by atoms with Gasteiger partial charge in [-0.1, -0.05) is 32.0 Å². The number of aromatic nitrogens is 1. The van der Waals surface area contributed by atoms with E-state index in [0.29, 0.717) is 11.5 Å². The van der Waals surface area contributed by atoms with Crippen LogP contribution < -0.4 is 10.2 Å². The van der Waals surface area contributed by atoms with Gasteiger partial charge in [-0.2, -0.15) is 13.2 Å². The molecule has 1 aromatic heterocycles. The van der Waals surface area contributed by atoms with Crippen LogP contribution in [0, 0.1) is 13.8 Å². The van der Waals surface area contributed by atoms with Gasteiger partial charge in [0.1, 0.15) is 5.57 Å². The van der Waals surface area contributed by atoms with Crippen LogP contribution in [0.4, 0.5) is 18.9 Å². The predicted octanol–water partition coefficient (Wildman–Crippen LogP) is 6.07. The molecular formula is C27H24F3N3O2S. The summed E-state index contributed by atoms with van der Waals surface area (Å²) in [5.41, 5.74) is 3.24. The highest BCUT2D eigenvalue weighted by atomic mass is 32.1. The van der Waals surface area contributed by atoms with Crippen LogP contribution in [0.3, 0.4) is 0 Å². The molecule has 0 radical (unpaired) electrons. The van der Waals surface area contributed by atoms with Crippen molar-refractivity contribution in [2.24, 2.45) is 0 Å². The molecule has 0 spiro atoms. The summed E-state index contributed by atoms with van der Waals surface area (Å²) in [6.07, 6.45) is -3.15. The Balaban J connectivity index is 1.73. The molecular weight excluding hydrogens is 487 g/mol. The van der Waals surface area contributed by atoms with Gasteiger partial charge in [0.2, 0.25) is 0 Å². The molecule has 3 aromatic rings. The van der Waals surface area contributed by atoms with Crippen LogP contribution in [0.2, 0.25) is 0 Å². The van der Waals surface area contributed by atoms with E-state index < -0.39 is 23.6 Å². The topological polar surface area (TPSA) is 54.3 Å². The summed E-state index contributed by atoms with van der Waals surface area (Å²) in [4.78, 5) is 26.9. The number of halogens is 3. The highest BCUT2D eigenvalue weighted by Crippen LogP contribution is 2.33. The molecule has 1 aliphatic rings. The number of nitrogens with one attached hydrogen (secondary N) is 1. The van der Waals surface area contributed by atoms with E-state index >= 15 is 0 Å². The van der Waals surface area contributed by atoms with Gasteiger partial charge >= 0.3 is 6.18 Å². The number of carbonyl (C=O) groups excluding carboxylic acids is 2. The standard InChI is InChI=1S/C27H24F3N3O2S/c1-15(2)18-8-10-21(11-9-18)32-16(3)12-19(17(32)4)13-23-24(34)31-26(36)33(25(23)35)22-7-5-6-20(14-22)27(28,29)30/h5-15H,1-4H3,(H,31,34,36)/b23-13+. The predicted molar refractivity (Wildman–Crippen MR) is 137 cm³/mol. The second-order valence-electron chi connectivity index (χ2n) is 8.91. The number of benzene rings is 2. The van der Waals surface area contributed by atoms with Gasteiger partial charge in [0, 0.05) is 17.1 Å². The van der Waals surface area contributed by atoms with Gasteiger partial charge in [-0.25, -0.2) is 0 Å². The van der Waals surface area contributed by atoms with Gasteiger partial charge in [0.15, 0.2) is 5.11 Å². The number of hydrogen-bond donors (Lipinski definition) is 1. The summed E-state index contributed by atoms with van der Waals surface area (Å²) >= 11 is 5.12. The molecule has 1 fully saturated rings. The molecule has 0 atom stereocenters. The van der Waals surface area contributed by atoms with Crippen molar-refractivity contribution in [1.82, 2.24) is 9.88 Å². The molecule has 1 saturated heterocycles. The molecule has 1 aliphatic heterocycles. The Morgan fingerprint density at radius 2 is 1.64 bits per heavy atom. The van der Waals surface area contributed by atoms with E-state index in [-0.39, 0.29) is 16.4 Å². The minimum Gasteiger partial charge on any atom is -0.318 e. The minimum absolute atomic E-state index is 0.0820. The van der Waals surface area contributed by atoms with Crippen molar-refractivity contribution in [2.75, 3.05) is 4.90 Å². The lowest BCUT2D eigenvalue weighted by Crippen LogP contribution is -2.54. The molecule has 0 saturated carbocycles. The fraction of sp³-hybridized carbons (Fsp3) is 0.222. The van der Waals surface area contributed by atoms with Gasteiger partial charge in [0.25, 0.3) is 11.8 Å². The Labute approximate surface area is 212 Å². The zero-order valence-electron chi connectivity index (χ0n) is 20.1. The first kappa shape index (κ1) is 25.4. The van der Waals surface area contributed by atoms with E-state index in [0.717, 1.165) is 34.1 Å². The molecule has 2 aromatic carbocycles. The number of hydrogen-bond acceptors (Lipinski definition) is 3. The molecule has 0 unspecified atom stereocenters. The molecule has 36 heavy (non-hydrogen) atoms. The molecule has 0 bridgehead atoms. The fourth-order valence-corrected chi connectivity index (χ4v) is 4.49. The first-order valence-corrected chi connectivity index (χ1v) is 11.7. The van der Waals surface area contributed by atoms with Crippen molar-refractivity contribution in [3.05, 3.63) is 88.2 Å². The highest BCUT2D eigenvalue weighted by molar-refractivity contribution is 7.80. The molecule has 9 heteroatoms. The SMILES string of the molecule is Cc1cc(/C=C2\C(=O)NC(=S)N(c3cccc(C(F)(F)F)c3)C2=O)c(C)n1-c1ccc(C(C)C)cc1. The molecule has 5 nitrogen and oxygen atoms in total. The van der Waals surface area contributed by atoms with Crippen LogP contribution >= 0.6 is 12.2 Å². The maximum absolute atomic E-state index is 13.3. The van der Waals surface area contributed by atoms with E-state index in [1.165, 1.54) is 23.8 Å². The van der Waals surface area contributed by atoms with Gasteiger partial charge in [-0.15, -0.1) is 0 Å². The van der Waals surface area contributed by atoms with Crippen molar-refractivity contribution in [3.63, 3.8) is 0 Å². The van der Waals surface area contributed by atoms with Crippen LogP contribution in [0.25, 0.3) is 11.8 Å². The van der Waals surface area contributed by atoms with E-state index in [1.807, 2.05) is 36.6 Å². The molecule has 2 heterocycles. The van der Waals surface area contributed by atoms with Crippen LogP contribution in [0.5, 0.6) is 0 Å². The zero-order chi connectivity index (χ0) is 26.4. The fourth-order valence-electron chi connectivity index (χ4n) is 4.21. The van der Waals surface area contributed by atoms with Crippen molar-refractivity contribution in [3.8, 4) is 5.69 Å². The van der Waals surface area contributed by atoms with Crippen LogP contribution in [-0.4, -0.2) is 21.5 Å². The van der Waals surface area contributed by atoms with Gasteiger partial charge in [-0.05, 0) is 85.6 Å². The van der Waals surface area contributed by atoms with Crippen molar-refractivity contribution in [2.45, 2.75) is 39.8 Å². The number of nitrogens with zero attached hydrogens (tertiary/aromatic N) is 2. The summed E-state index contributed by atoms with van der Waals surface area (Å²) < 4.78 is 41.7. The normalized spacial score (nSPS) is 15.7. The van der Waals surface area contributed by atoms with E-state index in [9.17, 15) is 22.8 Å². The van der Waals surface area contributed by atoms with Crippen LogP contribution in [-0.2, 0) is 15.8 Å². The average molecular weight is 512 g/mol. The second kappa shape index (κ2) is 9.39. The number of anilines is 1. The summed E-state index contributed by atoms with van der Waals surface area (Å²) in [6.45, 7) is 8.02. The Morgan fingerprint density at radius 1 is 0.972 bits per heavy atom. The maximum atomic E-state index is 13.3. The third-order valence-electron chi connectivity index (χ3n) is 6.12. The summed E-state index contributed by atoms with van der Waals surface area (Å²) in [7, 11) is 0. The Bertz CT molecular complexity index is 1400. The third kappa shape index (κ3) is 4.70. The van der Waals surface area contributed by atoms with Crippen molar-refractivity contribution < 1.29 is 22.8 Å². The number of alkyl halides is 3. The van der Waals surface area contributed by atoms with Gasteiger partial charge in [-0.3, -0.25) is 19.8 Å². The number of aryl methyl sites for hydroxylation is 1. The van der Waals surface area contributed by atoms with Crippen LogP contribution in [0.1, 0.15) is 47.8 Å². The Morgan fingerprint density at radius 3 is 2.25 bits per heavy atom. The molecule has 1 N–H and O–H groups in total. The third-order valence-corrected chi connectivity index (χ3v) is 6.41. The molecule has 4 rings (SSSR count). The lowest BCUT2D eigenvalue weighted by atomic mass is 10.0. The van der Waals surface area contributed by atoms with Gasteiger partial charge < -0.3 is 4.57 Å². The van der Waals surface area contributed by atoms with E-state index in [4.69, 9.17) is 12.2 Å². The monoisotopic (exact) mass is 511 g/mol. The Kier molecular flexibility index (Phi) is 6.62. The van der Waals surface area contributed by atoms with Gasteiger partial charge in [0.05, 0.1) is 11.3 Å². The number of rotatable bonds is 4. The lowest BCUT2D eigenvalue weighted by molar-refractivity contribution is -0.137. The lowest BCUT2D eigenvalue weighted by Gasteiger charge is -2.29. The van der Waals surface area contributed by atoms with E-state index in [1.54, 1.807) is 0 Å². The quantitative estimate of drug-likeness (QED) is 0.263.